The van der Waals surface area contributed by atoms with E-state index in [2.05, 4.69) is 306 Å². The molecule has 432 valence electrons. The molecule has 1 fully saturated rings. The largest absolute Gasteiger partial charge is 0.363 e. The molecule has 1 aliphatic rings. The fourth-order valence-electron chi connectivity index (χ4n) is 12.7. The summed E-state index contributed by atoms with van der Waals surface area (Å²) in [5.74, 6) is 0. The molecule has 1 aliphatic carbocycles. The summed E-state index contributed by atoms with van der Waals surface area (Å²) in [5.41, 5.74) is 29.0. The molecule has 2 heteroatoms. The topological polar surface area (TPSA) is 6.48 Å². The van der Waals surface area contributed by atoms with Crippen molar-refractivity contribution < 1.29 is 0 Å². The van der Waals surface area contributed by atoms with Crippen molar-refractivity contribution in [1.29, 1.82) is 0 Å². The van der Waals surface area contributed by atoms with Gasteiger partial charge in [-0.1, -0.05) is 294 Å². The Bertz CT molecular complexity index is 3450. The zero-order valence-electron chi connectivity index (χ0n) is 51.8. The SMILES string of the molecule is Cc1ccc(CC(=Cc2ccc(CN(Cc3ccc(C)cc3)c3ccc(C4(c5ccc(N(Cc6ccc(C)cc6)Cc6ccc(C=C(Cc7ccc(C)cc7)Cc7ccc(C)cc7)cc6)cc5)CCCCC4)cc3)cc2)Cc2ccc(C)cc2)cc1. The van der Waals surface area contributed by atoms with Crippen LogP contribution in [0.3, 0.4) is 0 Å². The molecule has 0 unspecified atom stereocenters. The van der Waals surface area contributed by atoms with E-state index >= 15 is 0 Å². The van der Waals surface area contributed by atoms with Gasteiger partial charge in [-0.25, -0.2) is 0 Å². The molecule has 10 aromatic rings. The molecule has 0 N–H and O–H groups in total. The number of allylic oxidation sites excluding steroid dienone is 2. The van der Waals surface area contributed by atoms with Crippen molar-refractivity contribution in [2.75, 3.05) is 9.80 Å². The van der Waals surface area contributed by atoms with E-state index in [0.29, 0.717) is 0 Å². The second-order valence-corrected chi connectivity index (χ2v) is 25.2. The zero-order valence-corrected chi connectivity index (χ0v) is 51.8. The van der Waals surface area contributed by atoms with E-state index in [1.165, 1.54) is 142 Å². The molecule has 2 nitrogen and oxygen atoms in total. The van der Waals surface area contributed by atoms with E-state index < -0.39 is 0 Å². The third kappa shape index (κ3) is 16.0. The molecule has 1 saturated carbocycles. The molecule has 10 aromatic carbocycles. The molecule has 0 spiro atoms. The van der Waals surface area contributed by atoms with Crippen LogP contribution in [0.15, 0.2) is 254 Å². The number of benzene rings is 10. The van der Waals surface area contributed by atoms with Crippen molar-refractivity contribution >= 4 is 23.5 Å². The average Bonchev–Trinajstić information content (AvgIpc) is 2.00. The lowest BCUT2D eigenvalue weighted by molar-refractivity contribution is 0.346. The first kappa shape index (κ1) is 59.0. The summed E-state index contributed by atoms with van der Waals surface area (Å²) in [5, 5.41) is 0. The van der Waals surface area contributed by atoms with Gasteiger partial charge < -0.3 is 9.80 Å². The average molecular weight is 1120 g/mol. The van der Waals surface area contributed by atoms with Gasteiger partial charge in [0.1, 0.15) is 0 Å². The van der Waals surface area contributed by atoms with E-state index in [0.717, 1.165) is 64.7 Å². The Labute approximate surface area is 515 Å². The van der Waals surface area contributed by atoms with Crippen LogP contribution >= 0.6 is 0 Å². The van der Waals surface area contributed by atoms with Crippen LogP contribution in [0.1, 0.15) is 132 Å². The van der Waals surface area contributed by atoms with Gasteiger partial charge >= 0.3 is 0 Å². The number of rotatable bonds is 22. The van der Waals surface area contributed by atoms with Gasteiger partial charge in [-0.05, 0) is 171 Å². The van der Waals surface area contributed by atoms with E-state index in [-0.39, 0.29) is 5.41 Å². The third-order valence-electron chi connectivity index (χ3n) is 17.9. The molecule has 11 rings (SSSR count). The molecule has 0 heterocycles. The number of anilines is 2. The number of aryl methyl sites for hydroxylation is 6. The van der Waals surface area contributed by atoms with Crippen molar-refractivity contribution in [2.24, 2.45) is 0 Å². The van der Waals surface area contributed by atoms with Gasteiger partial charge in [0.05, 0.1) is 0 Å². The molecular formula is C84H86N2. The maximum Gasteiger partial charge on any atom is 0.0433 e. The Kier molecular flexibility index (Phi) is 19.2. The first-order chi connectivity index (χ1) is 41.9. The van der Waals surface area contributed by atoms with Gasteiger partial charge in [-0.3, -0.25) is 0 Å². The molecule has 0 atom stereocenters. The van der Waals surface area contributed by atoms with Crippen LogP contribution < -0.4 is 9.80 Å². The Hall–Kier alpha value is -8.72. The fourth-order valence-corrected chi connectivity index (χ4v) is 12.7. The van der Waals surface area contributed by atoms with Crippen LogP contribution in [-0.2, 0) is 57.3 Å². The van der Waals surface area contributed by atoms with Gasteiger partial charge in [0, 0.05) is 43.0 Å². The highest BCUT2D eigenvalue weighted by Gasteiger charge is 2.36. The molecule has 86 heavy (non-hydrogen) atoms. The number of nitrogens with zero attached hydrogens (tertiary/aromatic N) is 2. The lowest BCUT2D eigenvalue weighted by Crippen LogP contribution is -2.31. The van der Waals surface area contributed by atoms with Crippen molar-refractivity contribution in [3.63, 3.8) is 0 Å². The van der Waals surface area contributed by atoms with Crippen LogP contribution in [-0.4, -0.2) is 0 Å². The number of hydrogen-bond donors (Lipinski definition) is 0. The standard InChI is InChI=1S/C84H86N2/c1-62-10-22-68(23-11-62)52-78(53-69-24-12-63(2)13-25-69)56-72-34-38-76(39-35-72)60-85(58-74-30-18-66(5)19-31-74)82-46-42-80(43-47-82)84(50-8-7-9-51-84)81-44-48-83(49-45-81)86(59-75-32-20-67(6)21-33-75)61-77-40-36-73(37-41-77)57-79(54-70-26-14-64(3)15-27-70)55-71-28-16-65(4)17-29-71/h10-49,56-57H,7-9,50-55,58-61H2,1-6H3. The first-order valence-corrected chi connectivity index (χ1v) is 31.5. The summed E-state index contributed by atoms with van der Waals surface area (Å²) < 4.78 is 0. The summed E-state index contributed by atoms with van der Waals surface area (Å²) in [6.45, 7) is 16.3. The lowest BCUT2D eigenvalue weighted by atomic mass is 9.65. The van der Waals surface area contributed by atoms with E-state index in [1.54, 1.807) is 0 Å². The molecule has 0 bridgehead atoms. The van der Waals surface area contributed by atoms with Crippen LogP contribution in [0.5, 0.6) is 0 Å². The van der Waals surface area contributed by atoms with Crippen molar-refractivity contribution in [1.82, 2.24) is 0 Å². The second-order valence-electron chi connectivity index (χ2n) is 25.2. The van der Waals surface area contributed by atoms with Crippen molar-refractivity contribution in [3.8, 4) is 0 Å². The maximum atomic E-state index is 2.56. The Morgan fingerprint density at radius 1 is 0.279 bits per heavy atom. The van der Waals surface area contributed by atoms with Crippen molar-refractivity contribution in [2.45, 2.75) is 131 Å². The first-order valence-electron chi connectivity index (χ1n) is 31.5. The van der Waals surface area contributed by atoms with Gasteiger partial charge in [-0.15, -0.1) is 0 Å². The zero-order chi connectivity index (χ0) is 59.2. The van der Waals surface area contributed by atoms with E-state index in [9.17, 15) is 0 Å². The molecule has 0 amide bonds. The smallest absolute Gasteiger partial charge is 0.0433 e. The molecule has 0 saturated heterocycles. The molecule has 0 aliphatic heterocycles. The van der Waals surface area contributed by atoms with E-state index in [4.69, 9.17) is 0 Å². The quantitative estimate of drug-likeness (QED) is 0.0667. The van der Waals surface area contributed by atoms with Crippen LogP contribution in [0.25, 0.3) is 12.2 Å². The second kappa shape index (κ2) is 28.0. The minimum Gasteiger partial charge on any atom is -0.363 e. The van der Waals surface area contributed by atoms with Crippen LogP contribution in [0.4, 0.5) is 11.4 Å². The summed E-state index contributed by atoms with van der Waals surface area (Å²) in [6.07, 6.45) is 14.6. The summed E-state index contributed by atoms with van der Waals surface area (Å²) in [4.78, 5) is 5.12. The minimum absolute atomic E-state index is 0.0406. The van der Waals surface area contributed by atoms with Gasteiger partial charge in [0.2, 0.25) is 0 Å². The Morgan fingerprint density at radius 3 is 0.767 bits per heavy atom. The third-order valence-corrected chi connectivity index (χ3v) is 17.9. The highest BCUT2D eigenvalue weighted by molar-refractivity contribution is 5.59. The predicted octanol–water partition coefficient (Wildman–Crippen LogP) is 20.9. The minimum atomic E-state index is -0.0406. The highest BCUT2D eigenvalue weighted by Crippen LogP contribution is 2.46. The normalized spacial score (nSPS) is 12.8. The Balaban J connectivity index is 0.835. The van der Waals surface area contributed by atoms with Gasteiger partial charge in [0.15, 0.2) is 0 Å². The maximum absolute atomic E-state index is 2.56. The molecular weight excluding hydrogens is 1040 g/mol. The molecule has 0 aromatic heterocycles. The van der Waals surface area contributed by atoms with Crippen LogP contribution in [0, 0.1) is 41.5 Å². The molecule has 0 radical (unpaired) electrons. The van der Waals surface area contributed by atoms with Gasteiger partial charge in [0.25, 0.3) is 0 Å². The van der Waals surface area contributed by atoms with Crippen molar-refractivity contribution in [3.05, 3.63) is 354 Å². The van der Waals surface area contributed by atoms with Gasteiger partial charge in [-0.2, -0.15) is 0 Å². The summed E-state index contributed by atoms with van der Waals surface area (Å²) in [7, 11) is 0. The summed E-state index contributed by atoms with van der Waals surface area (Å²) >= 11 is 0. The predicted molar refractivity (Wildman–Crippen MR) is 367 cm³/mol. The van der Waals surface area contributed by atoms with Crippen LogP contribution in [0.2, 0.25) is 0 Å². The van der Waals surface area contributed by atoms with E-state index in [1.807, 2.05) is 0 Å². The Morgan fingerprint density at radius 2 is 0.512 bits per heavy atom. The highest BCUT2D eigenvalue weighted by atomic mass is 15.1. The fraction of sp³-hybridized carbons (Fsp3) is 0.238. The lowest BCUT2D eigenvalue weighted by Gasteiger charge is -2.39. The number of hydrogen-bond acceptors (Lipinski definition) is 2. The summed E-state index contributed by atoms with van der Waals surface area (Å²) in [6, 6.07) is 92.4. The monoisotopic (exact) mass is 1120 g/mol.